The van der Waals surface area contributed by atoms with Crippen molar-refractivity contribution in [3.05, 3.63) is 48.2 Å². The van der Waals surface area contributed by atoms with E-state index in [9.17, 15) is 4.79 Å². The minimum absolute atomic E-state index is 0.189. The maximum Gasteiger partial charge on any atom is 0.256 e. The smallest absolute Gasteiger partial charge is 0.256 e. The SMILES string of the molecule is COc1ccc(C(=O)Nc2cccn2-c2nnc(N3CCN(C)CC3)s2)cc1. The van der Waals surface area contributed by atoms with E-state index >= 15 is 0 Å². The van der Waals surface area contributed by atoms with E-state index in [4.69, 9.17) is 4.74 Å². The number of anilines is 2. The first-order chi connectivity index (χ1) is 13.6. The Balaban J connectivity index is 1.49. The first-order valence-corrected chi connectivity index (χ1v) is 9.86. The highest BCUT2D eigenvalue weighted by Crippen LogP contribution is 2.27. The van der Waals surface area contributed by atoms with Crippen LogP contribution in [-0.2, 0) is 0 Å². The normalized spacial score (nSPS) is 14.9. The quantitative estimate of drug-likeness (QED) is 0.711. The second-order valence-corrected chi connectivity index (χ2v) is 7.54. The number of rotatable bonds is 5. The van der Waals surface area contributed by atoms with Gasteiger partial charge in [0, 0.05) is 37.9 Å². The average Bonchev–Trinajstić information content (AvgIpc) is 3.38. The van der Waals surface area contributed by atoms with Gasteiger partial charge in [-0.2, -0.15) is 0 Å². The summed E-state index contributed by atoms with van der Waals surface area (Å²) in [5.74, 6) is 1.18. The Bertz CT molecular complexity index is 944. The van der Waals surface area contributed by atoms with Crippen molar-refractivity contribution in [3.63, 3.8) is 0 Å². The molecule has 1 aromatic carbocycles. The van der Waals surface area contributed by atoms with E-state index in [-0.39, 0.29) is 5.91 Å². The molecule has 0 aliphatic carbocycles. The molecule has 0 atom stereocenters. The van der Waals surface area contributed by atoms with Gasteiger partial charge in [0.15, 0.2) is 0 Å². The van der Waals surface area contributed by atoms with Crippen LogP contribution in [0.5, 0.6) is 5.75 Å². The summed E-state index contributed by atoms with van der Waals surface area (Å²) in [7, 11) is 3.72. The number of hydrogen-bond acceptors (Lipinski definition) is 7. The monoisotopic (exact) mass is 398 g/mol. The third-order valence-corrected chi connectivity index (χ3v) is 5.71. The highest BCUT2D eigenvalue weighted by atomic mass is 32.1. The van der Waals surface area contributed by atoms with Gasteiger partial charge in [-0.1, -0.05) is 11.3 Å². The van der Waals surface area contributed by atoms with Gasteiger partial charge in [0.2, 0.25) is 10.3 Å². The zero-order valence-corrected chi connectivity index (χ0v) is 16.6. The zero-order valence-electron chi connectivity index (χ0n) is 15.8. The van der Waals surface area contributed by atoms with Gasteiger partial charge in [-0.25, -0.2) is 0 Å². The standard InChI is InChI=1S/C19H22N6O2S/c1-23-10-12-24(13-11-23)18-21-22-19(28-18)25-9-3-4-16(25)20-17(26)14-5-7-15(27-2)8-6-14/h3-9H,10-13H2,1-2H3,(H,20,26). The molecule has 1 aliphatic rings. The molecule has 3 heterocycles. The van der Waals surface area contributed by atoms with Crippen LogP contribution in [0.3, 0.4) is 0 Å². The van der Waals surface area contributed by atoms with Crippen molar-refractivity contribution in [2.75, 3.05) is 50.6 Å². The van der Waals surface area contributed by atoms with E-state index < -0.39 is 0 Å². The van der Waals surface area contributed by atoms with E-state index in [1.54, 1.807) is 31.4 Å². The Kier molecular flexibility index (Phi) is 5.27. The zero-order chi connectivity index (χ0) is 19.5. The molecule has 28 heavy (non-hydrogen) atoms. The summed E-state index contributed by atoms with van der Waals surface area (Å²) >= 11 is 1.52. The highest BCUT2D eigenvalue weighted by molar-refractivity contribution is 7.17. The predicted molar refractivity (Wildman–Crippen MR) is 110 cm³/mol. The summed E-state index contributed by atoms with van der Waals surface area (Å²) in [5, 5.41) is 13.2. The van der Waals surface area contributed by atoms with Gasteiger partial charge in [0.1, 0.15) is 11.6 Å². The third kappa shape index (κ3) is 3.85. The number of benzene rings is 1. The highest BCUT2D eigenvalue weighted by Gasteiger charge is 2.19. The van der Waals surface area contributed by atoms with Crippen molar-refractivity contribution in [3.8, 4) is 10.9 Å². The number of carbonyl (C=O) groups excluding carboxylic acids is 1. The van der Waals surface area contributed by atoms with Crippen LogP contribution in [0, 0.1) is 0 Å². The fourth-order valence-electron chi connectivity index (χ4n) is 3.01. The summed E-state index contributed by atoms with van der Waals surface area (Å²) in [6.07, 6.45) is 1.87. The van der Waals surface area contributed by atoms with Crippen molar-refractivity contribution < 1.29 is 9.53 Å². The lowest BCUT2D eigenvalue weighted by Gasteiger charge is -2.31. The molecule has 1 amide bonds. The number of piperazine rings is 1. The van der Waals surface area contributed by atoms with Crippen LogP contribution in [0.25, 0.3) is 5.13 Å². The average molecular weight is 398 g/mol. The van der Waals surface area contributed by atoms with Crippen molar-refractivity contribution in [2.24, 2.45) is 0 Å². The van der Waals surface area contributed by atoms with Crippen LogP contribution in [0.2, 0.25) is 0 Å². The Morgan fingerprint density at radius 1 is 1.07 bits per heavy atom. The summed E-state index contributed by atoms with van der Waals surface area (Å²) in [6, 6.07) is 10.7. The Morgan fingerprint density at radius 2 is 1.79 bits per heavy atom. The molecule has 2 aromatic heterocycles. The van der Waals surface area contributed by atoms with E-state index in [0.717, 1.165) is 36.4 Å². The largest absolute Gasteiger partial charge is 0.497 e. The predicted octanol–water partition coefficient (Wildman–Crippen LogP) is 2.34. The van der Waals surface area contributed by atoms with Crippen LogP contribution >= 0.6 is 11.3 Å². The second-order valence-electron chi connectivity index (χ2n) is 6.60. The van der Waals surface area contributed by atoms with E-state index in [2.05, 4.69) is 32.4 Å². The number of nitrogens with one attached hydrogen (secondary N) is 1. The van der Waals surface area contributed by atoms with Crippen LogP contribution in [0.1, 0.15) is 10.4 Å². The number of nitrogens with zero attached hydrogens (tertiary/aromatic N) is 5. The lowest BCUT2D eigenvalue weighted by molar-refractivity contribution is 0.102. The molecule has 0 bridgehead atoms. The molecule has 1 aliphatic heterocycles. The molecule has 4 rings (SSSR count). The lowest BCUT2D eigenvalue weighted by Crippen LogP contribution is -2.44. The number of amides is 1. The summed E-state index contributed by atoms with van der Waals surface area (Å²) in [4.78, 5) is 17.1. The molecule has 1 N–H and O–H groups in total. The summed E-state index contributed by atoms with van der Waals surface area (Å²) < 4.78 is 6.98. The van der Waals surface area contributed by atoms with Gasteiger partial charge in [-0.05, 0) is 43.4 Å². The molecule has 3 aromatic rings. The molecule has 0 saturated carbocycles. The van der Waals surface area contributed by atoms with Crippen molar-refractivity contribution in [1.29, 1.82) is 0 Å². The number of methoxy groups -OCH3 is 1. The molecule has 0 radical (unpaired) electrons. The fraction of sp³-hybridized carbons (Fsp3) is 0.316. The van der Waals surface area contributed by atoms with Gasteiger partial charge >= 0.3 is 0 Å². The number of ether oxygens (including phenoxy) is 1. The van der Waals surface area contributed by atoms with Crippen LogP contribution in [0.15, 0.2) is 42.6 Å². The minimum atomic E-state index is -0.189. The Hall–Kier alpha value is -2.91. The molecule has 8 nitrogen and oxygen atoms in total. The molecule has 9 heteroatoms. The van der Waals surface area contributed by atoms with Gasteiger partial charge in [-0.15, -0.1) is 10.2 Å². The first-order valence-electron chi connectivity index (χ1n) is 9.04. The lowest BCUT2D eigenvalue weighted by atomic mass is 10.2. The summed E-state index contributed by atoms with van der Waals surface area (Å²) in [5.41, 5.74) is 0.559. The maximum atomic E-state index is 12.6. The van der Waals surface area contributed by atoms with Crippen LogP contribution < -0.4 is 15.0 Å². The van der Waals surface area contributed by atoms with E-state index in [1.807, 2.05) is 22.9 Å². The number of likely N-dealkylation sites (N-methyl/N-ethyl adjacent to an activating group) is 1. The van der Waals surface area contributed by atoms with Crippen molar-refractivity contribution >= 4 is 28.2 Å². The number of carbonyl (C=O) groups is 1. The molecular formula is C19H22N6O2S. The van der Waals surface area contributed by atoms with Crippen molar-refractivity contribution in [1.82, 2.24) is 19.7 Å². The van der Waals surface area contributed by atoms with Crippen LogP contribution in [-0.4, -0.2) is 65.9 Å². The van der Waals surface area contributed by atoms with E-state index in [1.165, 1.54) is 11.3 Å². The summed E-state index contributed by atoms with van der Waals surface area (Å²) in [6.45, 7) is 3.92. The van der Waals surface area contributed by atoms with Gasteiger partial charge < -0.3 is 19.9 Å². The van der Waals surface area contributed by atoms with Gasteiger partial charge in [0.05, 0.1) is 7.11 Å². The number of hydrogen-bond donors (Lipinski definition) is 1. The first kappa shape index (κ1) is 18.5. The second kappa shape index (κ2) is 7.99. The van der Waals surface area contributed by atoms with Crippen molar-refractivity contribution in [2.45, 2.75) is 0 Å². The van der Waals surface area contributed by atoms with Crippen LogP contribution in [0.4, 0.5) is 10.9 Å². The van der Waals surface area contributed by atoms with Gasteiger partial charge in [-0.3, -0.25) is 9.36 Å². The maximum absolute atomic E-state index is 12.6. The molecule has 0 unspecified atom stereocenters. The minimum Gasteiger partial charge on any atom is -0.497 e. The van der Waals surface area contributed by atoms with E-state index in [0.29, 0.717) is 17.1 Å². The van der Waals surface area contributed by atoms with Gasteiger partial charge in [0.25, 0.3) is 5.91 Å². The molecule has 146 valence electrons. The molecule has 1 fully saturated rings. The Labute approximate surface area is 167 Å². The molecule has 0 spiro atoms. The fourth-order valence-corrected chi connectivity index (χ4v) is 3.91. The topological polar surface area (TPSA) is 75.5 Å². The molecule has 1 saturated heterocycles. The Morgan fingerprint density at radius 3 is 2.50 bits per heavy atom. The third-order valence-electron chi connectivity index (χ3n) is 4.73. The number of aromatic nitrogens is 3. The molecular weight excluding hydrogens is 376 g/mol.